The lowest BCUT2D eigenvalue weighted by Crippen LogP contribution is -2.46. The molecule has 2 fully saturated rings. The van der Waals surface area contributed by atoms with Crippen molar-refractivity contribution in [3.8, 4) is 0 Å². The standard InChI is InChI=1S/C17H21FN2O3/c18-12-6-2-3-7-13(12)19-16(21)10-20-14-8-4-1-5-11(14)9-15(20)17(22)23/h2-3,6-7,11,14-15H,1,4-5,8-10H2,(H,19,21)(H,22,23). The SMILES string of the molecule is O=C(CN1C(C(=O)O)CC2CCCCC21)Nc1ccccc1F. The minimum Gasteiger partial charge on any atom is -0.480 e. The summed E-state index contributed by atoms with van der Waals surface area (Å²) >= 11 is 0. The number of rotatable bonds is 4. The lowest BCUT2D eigenvalue weighted by Gasteiger charge is -2.32. The van der Waals surface area contributed by atoms with Gasteiger partial charge in [0.2, 0.25) is 5.91 Å². The molecule has 124 valence electrons. The second-order valence-corrected chi connectivity index (χ2v) is 6.40. The molecule has 6 heteroatoms. The van der Waals surface area contributed by atoms with Crippen LogP contribution in [0.5, 0.6) is 0 Å². The number of anilines is 1. The first-order chi connectivity index (χ1) is 11.1. The van der Waals surface area contributed by atoms with Gasteiger partial charge in [0, 0.05) is 6.04 Å². The molecule has 1 aromatic carbocycles. The highest BCUT2D eigenvalue weighted by atomic mass is 19.1. The zero-order valence-electron chi connectivity index (χ0n) is 12.9. The van der Waals surface area contributed by atoms with E-state index in [4.69, 9.17) is 0 Å². The molecule has 3 atom stereocenters. The number of para-hydroxylation sites is 1. The van der Waals surface area contributed by atoms with Crippen LogP contribution in [0.15, 0.2) is 24.3 Å². The minimum atomic E-state index is -0.877. The molecule has 0 spiro atoms. The van der Waals surface area contributed by atoms with E-state index in [1.165, 1.54) is 12.1 Å². The Kier molecular flexibility index (Phi) is 4.61. The summed E-state index contributed by atoms with van der Waals surface area (Å²) in [5, 5.41) is 12.0. The van der Waals surface area contributed by atoms with Crippen LogP contribution in [0, 0.1) is 11.7 Å². The van der Waals surface area contributed by atoms with Gasteiger partial charge in [-0.3, -0.25) is 14.5 Å². The number of carboxylic acids is 1. The molecule has 2 N–H and O–H groups in total. The van der Waals surface area contributed by atoms with Gasteiger partial charge >= 0.3 is 5.97 Å². The van der Waals surface area contributed by atoms with E-state index >= 15 is 0 Å². The fourth-order valence-electron chi connectivity index (χ4n) is 3.94. The highest BCUT2D eigenvalue weighted by Crippen LogP contribution is 2.39. The second-order valence-electron chi connectivity index (χ2n) is 6.40. The van der Waals surface area contributed by atoms with Gasteiger partial charge in [0.05, 0.1) is 12.2 Å². The summed E-state index contributed by atoms with van der Waals surface area (Å²) < 4.78 is 13.6. The summed E-state index contributed by atoms with van der Waals surface area (Å²) in [4.78, 5) is 25.6. The lowest BCUT2D eigenvalue weighted by molar-refractivity contribution is -0.143. The Balaban J connectivity index is 1.70. The molecule has 0 aromatic heterocycles. The summed E-state index contributed by atoms with van der Waals surface area (Å²) in [6.45, 7) is -0.00747. The first-order valence-electron chi connectivity index (χ1n) is 8.09. The van der Waals surface area contributed by atoms with Crippen molar-refractivity contribution in [2.45, 2.75) is 44.2 Å². The van der Waals surface area contributed by atoms with Gasteiger partial charge in [0.1, 0.15) is 11.9 Å². The molecule has 1 aromatic rings. The predicted molar refractivity (Wildman–Crippen MR) is 83.5 cm³/mol. The van der Waals surface area contributed by atoms with Gasteiger partial charge in [-0.25, -0.2) is 4.39 Å². The number of nitrogens with zero attached hydrogens (tertiary/aromatic N) is 1. The van der Waals surface area contributed by atoms with Crippen molar-refractivity contribution in [2.24, 2.45) is 5.92 Å². The first kappa shape index (κ1) is 15.9. The number of carboxylic acid groups (broad SMARTS) is 1. The fourth-order valence-corrected chi connectivity index (χ4v) is 3.94. The third kappa shape index (κ3) is 3.37. The zero-order chi connectivity index (χ0) is 16.4. The topological polar surface area (TPSA) is 69.6 Å². The molecule has 0 bridgehead atoms. The van der Waals surface area contributed by atoms with Crippen LogP contribution in [0.1, 0.15) is 32.1 Å². The first-order valence-corrected chi connectivity index (χ1v) is 8.09. The number of halogens is 1. The number of likely N-dealkylation sites (tertiary alicyclic amines) is 1. The van der Waals surface area contributed by atoms with Crippen molar-refractivity contribution in [3.63, 3.8) is 0 Å². The van der Waals surface area contributed by atoms with Crippen molar-refractivity contribution >= 4 is 17.6 Å². The van der Waals surface area contributed by atoms with E-state index in [1.54, 1.807) is 17.0 Å². The monoisotopic (exact) mass is 320 g/mol. The van der Waals surface area contributed by atoms with Crippen LogP contribution in [0.25, 0.3) is 0 Å². The predicted octanol–water partition coefficient (Wildman–Crippen LogP) is 2.48. The van der Waals surface area contributed by atoms with Crippen molar-refractivity contribution in [1.29, 1.82) is 0 Å². The number of amides is 1. The molecule has 1 saturated heterocycles. The van der Waals surface area contributed by atoms with Crippen molar-refractivity contribution < 1.29 is 19.1 Å². The van der Waals surface area contributed by atoms with Crippen LogP contribution in [0.2, 0.25) is 0 Å². The van der Waals surface area contributed by atoms with Gasteiger partial charge < -0.3 is 10.4 Å². The zero-order valence-corrected chi connectivity index (χ0v) is 12.9. The maximum absolute atomic E-state index is 13.6. The van der Waals surface area contributed by atoms with Gasteiger partial charge in [0.15, 0.2) is 0 Å². The summed E-state index contributed by atoms with van der Waals surface area (Å²) in [6.07, 6.45) is 4.76. The number of hydrogen-bond acceptors (Lipinski definition) is 3. The summed E-state index contributed by atoms with van der Waals surface area (Å²) in [5.74, 6) is -1.38. The average Bonchev–Trinajstić information content (AvgIpc) is 2.89. The molecule has 2 aliphatic rings. The number of hydrogen-bond donors (Lipinski definition) is 2. The number of benzene rings is 1. The molecule has 1 amide bonds. The Morgan fingerprint density at radius 1 is 1.26 bits per heavy atom. The molecule has 1 aliphatic carbocycles. The maximum Gasteiger partial charge on any atom is 0.320 e. The van der Waals surface area contributed by atoms with Gasteiger partial charge in [-0.05, 0) is 37.3 Å². The Morgan fingerprint density at radius 2 is 2.00 bits per heavy atom. The largest absolute Gasteiger partial charge is 0.480 e. The van der Waals surface area contributed by atoms with E-state index in [0.29, 0.717) is 12.3 Å². The smallest absolute Gasteiger partial charge is 0.320 e. The van der Waals surface area contributed by atoms with Gasteiger partial charge in [-0.2, -0.15) is 0 Å². The molecular formula is C17H21FN2O3. The molecule has 1 aliphatic heterocycles. The summed E-state index contributed by atoms with van der Waals surface area (Å²) in [7, 11) is 0. The Hall–Kier alpha value is -1.95. The van der Waals surface area contributed by atoms with Crippen LogP contribution in [-0.4, -0.2) is 40.5 Å². The number of carbonyl (C=O) groups is 2. The molecule has 1 heterocycles. The van der Waals surface area contributed by atoms with E-state index < -0.39 is 17.8 Å². The van der Waals surface area contributed by atoms with Crippen LogP contribution in [0.4, 0.5) is 10.1 Å². The highest BCUT2D eigenvalue weighted by Gasteiger charge is 2.45. The molecular weight excluding hydrogens is 299 g/mol. The molecule has 0 radical (unpaired) electrons. The average molecular weight is 320 g/mol. The number of aliphatic carboxylic acids is 1. The van der Waals surface area contributed by atoms with Gasteiger partial charge in [0.25, 0.3) is 0 Å². The lowest BCUT2D eigenvalue weighted by atomic mass is 9.85. The summed E-state index contributed by atoms with van der Waals surface area (Å²) in [6, 6.07) is 5.51. The number of carbonyl (C=O) groups excluding carboxylic acids is 1. The molecule has 5 nitrogen and oxygen atoms in total. The van der Waals surface area contributed by atoms with E-state index in [1.807, 2.05) is 0 Å². The molecule has 23 heavy (non-hydrogen) atoms. The Morgan fingerprint density at radius 3 is 2.74 bits per heavy atom. The van der Waals surface area contributed by atoms with E-state index in [-0.39, 0.29) is 24.2 Å². The molecule has 3 rings (SSSR count). The summed E-state index contributed by atoms with van der Waals surface area (Å²) in [5.41, 5.74) is 0.128. The highest BCUT2D eigenvalue weighted by molar-refractivity contribution is 5.92. The second kappa shape index (κ2) is 6.66. The quantitative estimate of drug-likeness (QED) is 0.894. The normalized spacial score (nSPS) is 27.4. The third-order valence-electron chi connectivity index (χ3n) is 4.98. The van der Waals surface area contributed by atoms with Crippen LogP contribution in [0.3, 0.4) is 0 Å². The van der Waals surface area contributed by atoms with E-state index in [2.05, 4.69) is 5.32 Å². The fraction of sp³-hybridized carbons (Fsp3) is 0.529. The molecule has 3 unspecified atom stereocenters. The Bertz CT molecular complexity index is 607. The van der Waals surface area contributed by atoms with Gasteiger partial charge in [-0.15, -0.1) is 0 Å². The minimum absolute atomic E-state index is 0.00747. The number of fused-ring (bicyclic) bond motifs is 1. The number of nitrogens with one attached hydrogen (secondary N) is 1. The van der Waals surface area contributed by atoms with Crippen LogP contribution < -0.4 is 5.32 Å². The van der Waals surface area contributed by atoms with Crippen molar-refractivity contribution in [2.75, 3.05) is 11.9 Å². The Labute approximate surface area is 134 Å². The van der Waals surface area contributed by atoms with Crippen molar-refractivity contribution in [3.05, 3.63) is 30.1 Å². The van der Waals surface area contributed by atoms with E-state index in [0.717, 1.165) is 25.7 Å². The molecule has 1 saturated carbocycles. The van der Waals surface area contributed by atoms with E-state index in [9.17, 15) is 19.1 Å². The maximum atomic E-state index is 13.6. The van der Waals surface area contributed by atoms with Crippen LogP contribution in [-0.2, 0) is 9.59 Å². The third-order valence-corrected chi connectivity index (χ3v) is 4.98. The van der Waals surface area contributed by atoms with Crippen molar-refractivity contribution in [1.82, 2.24) is 4.90 Å². The van der Waals surface area contributed by atoms with Crippen LogP contribution >= 0.6 is 0 Å². The van der Waals surface area contributed by atoms with Gasteiger partial charge in [-0.1, -0.05) is 25.0 Å².